The summed E-state index contributed by atoms with van der Waals surface area (Å²) in [6.45, 7) is 1.78. The molecular weight excluding hydrogens is 360 g/mol. The lowest BCUT2D eigenvalue weighted by Crippen LogP contribution is -2.16. The second kappa shape index (κ2) is 7.43. The monoisotopic (exact) mass is 376 g/mol. The van der Waals surface area contributed by atoms with E-state index in [1.807, 2.05) is 54.0 Å². The molecule has 7 heteroatoms. The Labute approximate surface area is 159 Å². The van der Waals surface area contributed by atoms with Crippen molar-refractivity contribution in [3.63, 3.8) is 0 Å². The summed E-state index contributed by atoms with van der Waals surface area (Å²) in [5, 5.41) is 10.8. The van der Waals surface area contributed by atoms with Crippen LogP contribution in [-0.4, -0.2) is 21.9 Å². The van der Waals surface area contributed by atoms with Crippen LogP contribution in [0.2, 0.25) is 0 Å². The van der Waals surface area contributed by atoms with Crippen LogP contribution >= 0.6 is 11.3 Å². The van der Waals surface area contributed by atoms with E-state index in [9.17, 15) is 4.79 Å². The number of hydrogen-bond donors (Lipinski definition) is 1. The molecule has 0 atom stereocenters. The molecule has 0 saturated heterocycles. The van der Waals surface area contributed by atoms with Crippen molar-refractivity contribution in [1.82, 2.24) is 15.2 Å². The third-order valence-electron chi connectivity index (χ3n) is 3.85. The van der Waals surface area contributed by atoms with Crippen molar-refractivity contribution in [3.05, 3.63) is 83.3 Å². The maximum Gasteiger partial charge on any atom is 0.307 e. The van der Waals surface area contributed by atoms with E-state index in [1.54, 1.807) is 41.3 Å². The minimum absolute atomic E-state index is 0.225. The first-order valence-electron chi connectivity index (χ1n) is 8.29. The number of nitrogens with zero attached hydrogens (tertiary/aromatic N) is 3. The third-order valence-corrected chi connectivity index (χ3v) is 4.73. The number of amides is 1. The molecule has 0 saturated carbocycles. The Morgan fingerprint density at radius 2 is 2.04 bits per heavy atom. The zero-order chi connectivity index (χ0) is 18.6. The molecule has 0 bridgehead atoms. The van der Waals surface area contributed by atoms with Gasteiger partial charge in [-0.25, -0.2) is 10.1 Å². The summed E-state index contributed by atoms with van der Waals surface area (Å²) in [6, 6.07) is 17.2. The number of carbonyl (C=O) groups is 1. The molecule has 1 amide bonds. The molecule has 3 heterocycles. The van der Waals surface area contributed by atoms with Crippen molar-refractivity contribution in [2.24, 2.45) is 5.10 Å². The lowest BCUT2D eigenvalue weighted by atomic mass is 10.2. The van der Waals surface area contributed by atoms with Crippen LogP contribution in [0, 0.1) is 6.92 Å². The van der Waals surface area contributed by atoms with Gasteiger partial charge >= 0.3 is 5.91 Å². The van der Waals surface area contributed by atoms with E-state index in [1.165, 1.54) is 0 Å². The first-order chi connectivity index (χ1) is 13.2. The van der Waals surface area contributed by atoms with E-state index in [0.717, 1.165) is 21.8 Å². The summed E-state index contributed by atoms with van der Waals surface area (Å²) in [5.74, 6) is 0.504. The van der Waals surface area contributed by atoms with Crippen LogP contribution in [0.5, 0.6) is 0 Å². The van der Waals surface area contributed by atoms with Gasteiger partial charge in [0.05, 0.1) is 16.8 Å². The predicted octanol–water partition coefficient (Wildman–Crippen LogP) is 4.27. The maximum atomic E-state index is 12.1. The number of nitrogens with one attached hydrogen (secondary N) is 1. The molecule has 0 spiro atoms. The molecule has 4 rings (SSSR count). The average Bonchev–Trinajstić information content (AvgIpc) is 3.42. The van der Waals surface area contributed by atoms with Gasteiger partial charge in [0.2, 0.25) is 0 Å². The molecule has 27 heavy (non-hydrogen) atoms. The van der Waals surface area contributed by atoms with Crippen molar-refractivity contribution >= 4 is 23.5 Å². The zero-order valence-corrected chi connectivity index (χ0v) is 15.3. The number of aromatic nitrogens is 2. The first kappa shape index (κ1) is 17.0. The molecule has 1 aromatic carbocycles. The highest BCUT2D eigenvalue weighted by Gasteiger charge is 2.13. The van der Waals surface area contributed by atoms with Crippen LogP contribution in [-0.2, 0) is 0 Å². The second-order valence-electron chi connectivity index (χ2n) is 5.80. The molecule has 0 aliphatic rings. The molecule has 0 aliphatic heterocycles. The van der Waals surface area contributed by atoms with Gasteiger partial charge in [-0.2, -0.15) is 10.2 Å². The van der Waals surface area contributed by atoms with E-state index in [-0.39, 0.29) is 5.76 Å². The summed E-state index contributed by atoms with van der Waals surface area (Å²) in [6.07, 6.45) is 3.48. The number of benzene rings is 1. The Balaban J connectivity index is 1.61. The van der Waals surface area contributed by atoms with Gasteiger partial charge in [-0.15, -0.1) is 11.3 Å². The fourth-order valence-electron chi connectivity index (χ4n) is 2.57. The summed E-state index contributed by atoms with van der Waals surface area (Å²) >= 11 is 1.60. The lowest BCUT2D eigenvalue weighted by molar-refractivity contribution is 0.0926. The Kier molecular flexibility index (Phi) is 4.67. The quantitative estimate of drug-likeness (QED) is 0.418. The number of carbonyl (C=O) groups excluding carboxylic acids is 1. The lowest BCUT2D eigenvalue weighted by Gasteiger charge is -1.98. The number of para-hydroxylation sites is 1. The summed E-state index contributed by atoms with van der Waals surface area (Å²) in [4.78, 5) is 13.1. The number of hydrogen-bond acceptors (Lipinski definition) is 5. The van der Waals surface area contributed by atoms with Gasteiger partial charge in [-0.3, -0.25) is 4.79 Å². The summed E-state index contributed by atoms with van der Waals surface area (Å²) < 4.78 is 7.09. The van der Waals surface area contributed by atoms with Crippen molar-refractivity contribution in [2.75, 3.05) is 0 Å². The molecule has 0 fully saturated rings. The van der Waals surface area contributed by atoms with Crippen LogP contribution < -0.4 is 5.43 Å². The highest BCUT2D eigenvalue weighted by molar-refractivity contribution is 7.13. The van der Waals surface area contributed by atoms with Crippen molar-refractivity contribution in [1.29, 1.82) is 0 Å². The standard InChI is InChI=1S/C20H16N4O2S/c1-14-9-10-17(26-14)20(25)22-21-12-15-13-24(16-6-3-2-4-7-16)23-19(15)18-8-5-11-27-18/h2-13H,1H3,(H,22,25)/b21-12-. The highest BCUT2D eigenvalue weighted by atomic mass is 32.1. The fourth-order valence-corrected chi connectivity index (χ4v) is 3.30. The Morgan fingerprint density at radius 1 is 1.19 bits per heavy atom. The number of furan rings is 1. The van der Waals surface area contributed by atoms with E-state index < -0.39 is 5.91 Å². The van der Waals surface area contributed by atoms with Crippen LogP contribution in [0.15, 0.2) is 75.7 Å². The topological polar surface area (TPSA) is 72.4 Å². The molecule has 0 aliphatic carbocycles. The molecule has 4 aromatic rings. The second-order valence-corrected chi connectivity index (χ2v) is 6.75. The zero-order valence-electron chi connectivity index (χ0n) is 14.5. The van der Waals surface area contributed by atoms with Gasteiger partial charge in [0, 0.05) is 11.8 Å². The maximum absolute atomic E-state index is 12.1. The van der Waals surface area contributed by atoms with Crippen LogP contribution in [0.1, 0.15) is 21.9 Å². The minimum atomic E-state index is -0.396. The molecule has 0 unspecified atom stereocenters. The molecule has 0 radical (unpaired) electrons. The van der Waals surface area contributed by atoms with Gasteiger partial charge in [0.25, 0.3) is 0 Å². The molecule has 1 N–H and O–H groups in total. The average molecular weight is 376 g/mol. The van der Waals surface area contributed by atoms with Crippen LogP contribution in [0.4, 0.5) is 0 Å². The van der Waals surface area contributed by atoms with E-state index >= 15 is 0 Å². The van der Waals surface area contributed by atoms with Gasteiger partial charge in [-0.1, -0.05) is 24.3 Å². The molecule has 134 valence electrons. The number of aryl methyl sites for hydroxylation is 1. The third kappa shape index (κ3) is 3.73. The predicted molar refractivity (Wildman–Crippen MR) is 105 cm³/mol. The van der Waals surface area contributed by atoms with Gasteiger partial charge in [-0.05, 0) is 42.6 Å². The summed E-state index contributed by atoms with van der Waals surface area (Å²) in [5.41, 5.74) is 5.04. The van der Waals surface area contributed by atoms with E-state index in [2.05, 4.69) is 15.6 Å². The molecular formula is C20H16N4O2S. The van der Waals surface area contributed by atoms with E-state index in [0.29, 0.717) is 5.76 Å². The summed E-state index contributed by atoms with van der Waals surface area (Å²) in [7, 11) is 0. The minimum Gasteiger partial charge on any atom is -0.456 e. The Bertz CT molecular complexity index is 1080. The SMILES string of the molecule is Cc1ccc(C(=O)N/N=C\c2cn(-c3ccccc3)nc2-c2cccs2)o1. The number of thiophene rings is 1. The van der Waals surface area contributed by atoms with Crippen LogP contribution in [0.3, 0.4) is 0 Å². The fraction of sp³-hybridized carbons (Fsp3) is 0.0500. The first-order valence-corrected chi connectivity index (χ1v) is 9.17. The highest BCUT2D eigenvalue weighted by Crippen LogP contribution is 2.26. The largest absolute Gasteiger partial charge is 0.456 e. The van der Waals surface area contributed by atoms with Crippen molar-refractivity contribution in [2.45, 2.75) is 6.92 Å². The normalized spacial score (nSPS) is 11.1. The molecule has 3 aromatic heterocycles. The number of hydrazone groups is 1. The Hall–Kier alpha value is -3.45. The van der Waals surface area contributed by atoms with Gasteiger partial charge < -0.3 is 4.42 Å². The number of rotatable bonds is 5. The van der Waals surface area contributed by atoms with Crippen LogP contribution in [0.25, 0.3) is 16.3 Å². The Morgan fingerprint density at radius 3 is 2.74 bits per heavy atom. The molecule has 6 nitrogen and oxygen atoms in total. The van der Waals surface area contributed by atoms with Gasteiger partial charge in [0.15, 0.2) is 5.76 Å². The van der Waals surface area contributed by atoms with E-state index in [4.69, 9.17) is 4.42 Å². The van der Waals surface area contributed by atoms with Crippen molar-refractivity contribution in [3.8, 4) is 16.3 Å². The van der Waals surface area contributed by atoms with Gasteiger partial charge in [0.1, 0.15) is 11.5 Å². The van der Waals surface area contributed by atoms with Crippen molar-refractivity contribution < 1.29 is 9.21 Å². The smallest absolute Gasteiger partial charge is 0.307 e.